The lowest BCUT2D eigenvalue weighted by atomic mass is 9.94. The van der Waals surface area contributed by atoms with E-state index in [0.717, 1.165) is 26.1 Å². The summed E-state index contributed by atoms with van der Waals surface area (Å²) >= 11 is 0. The fourth-order valence-corrected chi connectivity index (χ4v) is 5.17. The predicted octanol–water partition coefficient (Wildman–Crippen LogP) is 5.00. The van der Waals surface area contributed by atoms with Crippen LogP contribution < -0.4 is 10.2 Å². The predicted molar refractivity (Wildman–Crippen MR) is 132 cm³/mol. The lowest BCUT2D eigenvalue weighted by Gasteiger charge is -2.36. The molecule has 0 aromatic heterocycles. The molecular weight excluding hydrogens is 417 g/mol. The molecule has 2 heterocycles. The number of carboxylic acid groups (broad SMARTS) is 1. The maximum Gasteiger partial charge on any atom is 0.303 e. The number of nitrogens with zero attached hydrogens (tertiary/aromatic N) is 2. The summed E-state index contributed by atoms with van der Waals surface area (Å²) < 4.78 is 14.4. The summed E-state index contributed by atoms with van der Waals surface area (Å²) in [6, 6.07) is 9.45. The summed E-state index contributed by atoms with van der Waals surface area (Å²) in [6.45, 7) is 8.63. The topological polar surface area (TPSA) is 55.8 Å². The first-order chi connectivity index (χ1) is 16.0. The van der Waals surface area contributed by atoms with Crippen LogP contribution in [0, 0.1) is 12.7 Å². The van der Waals surface area contributed by atoms with Gasteiger partial charge < -0.3 is 20.2 Å². The number of aryl methyl sites for hydroxylation is 2. The first-order valence-corrected chi connectivity index (χ1v) is 12.3. The smallest absolute Gasteiger partial charge is 0.303 e. The minimum absolute atomic E-state index is 0.0632. The average molecular weight is 454 g/mol. The summed E-state index contributed by atoms with van der Waals surface area (Å²) in [4.78, 5) is 15.9. The van der Waals surface area contributed by atoms with Crippen LogP contribution in [0.15, 0.2) is 30.3 Å². The summed E-state index contributed by atoms with van der Waals surface area (Å²) in [6.07, 6.45) is 6.50. The normalized spacial score (nSPS) is 16.5. The molecule has 2 aliphatic rings. The molecule has 2 aromatic carbocycles. The van der Waals surface area contributed by atoms with Gasteiger partial charge in [0.25, 0.3) is 0 Å². The standard InChI is InChI=1S/C27H36FN3O2/c1-20-23(19-29-24-11-9-21(25(28)18-24)10-12-26(32)33)8-7-22-6-5-15-31(27(20)22)17-16-30-13-3-2-4-14-30/h7-9,11,18,29H,2-6,10,12-17,19H2,1H3,(H,32,33). The number of anilines is 2. The van der Waals surface area contributed by atoms with E-state index in [9.17, 15) is 9.18 Å². The van der Waals surface area contributed by atoms with E-state index in [1.165, 1.54) is 67.2 Å². The number of rotatable bonds is 9. The van der Waals surface area contributed by atoms with Gasteiger partial charge in [0.1, 0.15) is 5.82 Å². The number of fused-ring (bicyclic) bond motifs is 1. The zero-order valence-corrected chi connectivity index (χ0v) is 19.7. The summed E-state index contributed by atoms with van der Waals surface area (Å²) in [5.74, 6) is -1.27. The largest absolute Gasteiger partial charge is 0.481 e. The Balaban J connectivity index is 1.42. The number of halogens is 1. The van der Waals surface area contributed by atoms with Crippen molar-refractivity contribution < 1.29 is 14.3 Å². The fourth-order valence-electron chi connectivity index (χ4n) is 5.17. The second kappa shape index (κ2) is 11.0. The van der Waals surface area contributed by atoms with Crippen LogP contribution in [-0.2, 0) is 24.2 Å². The SMILES string of the molecule is Cc1c(CNc2ccc(CCC(=O)O)c(F)c2)ccc2c1N(CCN1CCCCC1)CCC2. The molecule has 0 spiro atoms. The van der Waals surface area contributed by atoms with Crippen LogP contribution in [0.3, 0.4) is 0 Å². The lowest BCUT2D eigenvalue weighted by molar-refractivity contribution is -0.136. The molecule has 0 radical (unpaired) electrons. The van der Waals surface area contributed by atoms with Gasteiger partial charge in [-0.3, -0.25) is 4.79 Å². The lowest BCUT2D eigenvalue weighted by Crippen LogP contribution is -2.40. The number of aliphatic carboxylic acids is 1. The molecule has 178 valence electrons. The molecule has 1 fully saturated rings. The maximum atomic E-state index is 14.4. The number of carboxylic acids is 1. The van der Waals surface area contributed by atoms with E-state index in [2.05, 4.69) is 34.2 Å². The molecule has 0 aliphatic carbocycles. The zero-order chi connectivity index (χ0) is 23.2. The number of hydrogen-bond donors (Lipinski definition) is 2. The quantitative estimate of drug-likeness (QED) is 0.560. The first kappa shape index (κ1) is 23.6. The zero-order valence-electron chi connectivity index (χ0n) is 19.7. The van der Waals surface area contributed by atoms with Gasteiger partial charge in [0, 0.05) is 44.0 Å². The Labute approximate surface area is 196 Å². The number of nitrogens with one attached hydrogen (secondary N) is 1. The van der Waals surface area contributed by atoms with Crippen LogP contribution in [-0.4, -0.2) is 48.7 Å². The van der Waals surface area contributed by atoms with E-state index in [1.807, 2.05) is 6.07 Å². The van der Waals surface area contributed by atoms with Crippen molar-refractivity contribution in [3.63, 3.8) is 0 Å². The van der Waals surface area contributed by atoms with Gasteiger partial charge in [-0.2, -0.15) is 0 Å². The van der Waals surface area contributed by atoms with Crippen LogP contribution >= 0.6 is 0 Å². The summed E-state index contributed by atoms with van der Waals surface area (Å²) in [5.41, 5.74) is 6.54. The third kappa shape index (κ3) is 6.05. The Morgan fingerprint density at radius 2 is 1.82 bits per heavy atom. The molecule has 2 aromatic rings. The molecule has 2 aliphatic heterocycles. The maximum absolute atomic E-state index is 14.4. The Morgan fingerprint density at radius 1 is 1.03 bits per heavy atom. The van der Waals surface area contributed by atoms with E-state index in [-0.39, 0.29) is 18.7 Å². The van der Waals surface area contributed by atoms with Crippen molar-refractivity contribution >= 4 is 17.3 Å². The molecule has 0 unspecified atom stereocenters. The highest BCUT2D eigenvalue weighted by Crippen LogP contribution is 2.33. The summed E-state index contributed by atoms with van der Waals surface area (Å²) in [5, 5.41) is 12.2. The Hall–Kier alpha value is -2.60. The van der Waals surface area contributed by atoms with Crippen LogP contribution in [0.1, 0.15) is 54.4 Å². The van der Waals surface area contributed by atoms with Crippen molar-refractivity contribution in [1.29, 1.82) is 0 Å². The second-order valence-electron chi connectivity index (χ2n) is 9.40. The van der Waals surface area contributed by atoms with Gasteiger partial charge >= 0.3 is 5.97 Å². The van der Waals surface area contributed by atoms with Crippen molar-refractivity contribution in [2.75, 3.05) is 42.9 Å². The third-order valence-corrected chi connectivity index (χ3v) is 7.10. The monoisotopic (exact) mass is 453 g/mol. The number of hydrogen-bond acceptors (Lipinski definition) is 4. The van der Waals surface area contributed by atoms with E-state index in [1.54, 1.807) is 6.07 Å². The summed E-state index contributed by atoms with van der Waals surface area (Å²) in [7, 11) is 0. The van der Waals surface area contributed by atoms with Gasteiger partial charge in [0.2, 0.25) is 0 Å². The van der Waals surface area contributed by atoms with E-state index in [0.29, 0.717) is 17.8 Å². The molecule has 0 saturated carbocycles. The highest BCUT2D eigenvalue weighted by molar-refractivity contribution is 5.67. The van der Waals surface area contributed by atoms with Crippen molar-refractivity contribution in [2.24, 2.45) is 0 Å². The van der Waals surface area contributed by atoms with Gasteiger partial charge in [-0.25, -0.2) is 4.39 Å². The Morgan fingerprint density at radius 3 is 2.58 bits per heavy atom. The fraction of sp³-hybridized carbons (Fsp3) is 0.519. The molecular formula is C27H36FN3O2. The number of benzene rings is 2. The molecule has 6 heteroatoms. The van der Waals surface area contributed by atoms with Crippen molar-refractivity contribution in [3.8, 4) is 0 Å². The molecule has 5 nitrogen and oxygen atoms in total. The highest BCUT2D eigenvalue weighted by Gasteiger charge is 2.21. The third-order valence-electron chi connectivity index (χ3n) is 7.10. The molecule has 1 saturated heterocycles. The van der Waals surface area contributed by atoms with Gasteiger partial charge in [-0.05, 0) is 86.5 Å². The molecule has 0 bridgehead atoms. The second-order valence-corrected chi connectivity index (χ2v) is 9.40. The van der Waals surface area contributed by atoms with Gasteiger partial charge in [0.15, 0.2) is 0 Å². The number of carbonyl (C=O) groups is 1. The molecule has 4 rings (SSSR count). The van der Waals surface area contributed by atoms with E-state index < -0.39 is 5.97 Å². The van der Waals surface area contributed by atoms with Crippen LogP contribution in [0.2, 0.25) is 0 Å². The Kier molecular flexibility index (Phi) is 7.86. The van der Waals surface area contributed by atoms with E-state index >= 15 is 0 Å². The average Bonchev–Trinajstić information content (AvgIpc) is 2.82. The van der Waals surface area contributed by atoms with Crippen LogP contribution in [0.4, 0.5) is 15.8 Å². The van der Waals surface area contributed by atoms with Gasteiger partial charge in [0.05, 0.1) is 0 Å². The van der Waals surface area contributed by atoms with Gasteiger partial charge in [-0.1, -0.05) is 24.6 Å². The Bertz CT molecular complexity index is 972. The number of likely N-dealkylation sites (tertiary alicyclic amines) is 1. The van der Waals surface area contributed by atoms with Crippen LogP contribution in [0.25, 0.3) is 0 Å². The minimum Gasteiger partial charge on any atom is -0.481 e. The molecule has 0 atom stereocenters. The van der Waals surface area contributed by atoms with E-state index in [4.69, 9.17) is 5.11 Å². The van der Waals surface area contributed by atoms with Crippen molar-refractivity contribution in [3.05, 3.63) is 58.4 Å². The first-order valence-electron chi connectivity index (χ1n) is 12.3. The molecule has 33 heavy (non-hydrogen) atoms. The highest BCUT2D eigenvalue weighted by atomic mass is 19.1. The van der Waals surface area contributed by atoms with Crippen molar-refractivity contribution in [2.45, 2.75) is 58.4 Å². The van der Waals surface area contributed by atoms with Crippen LogP contribution in [0.5, 0.6) is 0 Å². The minimum atomic E-state index is -0.913. The molecule has 2 N–H and O–H groups in total. The molecule has 0 amide bonds. The van der Waals surface area contributed by atoms with Gasteiger partial charge in [-0.15, -0.1) is 0 Å². The van der Waals surface area contributed by atoms with Crippen molar-refractivity contribution in [1.82, 2.24) is 4.90 Å². The number of piperidine rings is 1.